The zero-order valence-electron chi connectivity index (χ0n) is 15.1. The number of rotatable bonds is 5. The molecule has 1 fully saturated rings. The number of nitrogens with zero attached hydrogens (tertiary/aromatic N) is 2. The molecular formula is C20H20Cl2FN3O2. The van der Waals surface area contributed by atoms with Gasteiger partial charge in [-0.3, -0.25) is 14.5 Å². The van der Waals surface area contributed by atoms with Crippen LogP contribution in [0.15, 0.2) is 42.5 Å². The van der Waals surface area contributed by atoms with Crippen molar-refractivity contribution in [2.75, 3.05) is 32.7 Å². The number of benzene rings is 2. The van der Waals surface area contributed by atoms with E-state index in [0.717, 1.165) is 5.56 Å². The first-order valence-electron chi connectivity index (χ1n) is 8.90. The number of hydrogen-bond acceptors (Lipinski definition) is 3. The Kier molecular flexibility index (Phi) is 6.88. The van der Waals surface area contributed by atoms with Crippen LogP contribution in [-0.2, 0) is 11.3 Å². The molecule has 0 aliphatic carbocycles. The number of carbonyl (C=O) groups excluding carboxylic acids is 2. The van der Waals surface area contributed by atoms with E-state index in [9.17, 15) is 14.0 Å². The second-order valence-electron chi connectivity index (χ2n) is 6.59. The number of nitrogens with one attached hydrogen (secondary N) is 1. The van der Waals surface area contributed by atoms with Crippen molar-refractivity contribution in [3.8, 4) is 0 Å². The van der Waals surface area contributed by atoms with E-state index < -0.39 is 0 Å². The molecule has 1 N–H and O–H groups in total. The SMILES string of the molecule is O=C(NCC(=O)N1CCN(Cc2ccc(F)cc2Cl)CC1)c1cccc(Cl)c1. The molecule has 0 atom stereocenters. The molecule has 1 aliphatic rings. The van der Waals surface area contributed by atoms with Crippen molar-refractivity contribution < 1.29 is 14.0 Å². The minimum Gasteiger partial charge on any atom is -0.343 e. The van der Waals surface area contributed by atoms with Gasteiger partial charge in [-0.2, -0.15) is 0 Å². The van der Waals surface area contributed by atoms with E-state index in [0.29, 0.717) is 48.3 Å². The molecule has 2 aromatic carbocycles. The Balaban J connectivity index is 1.45. The van der Waals surface area contributed by atoms with Gasteiger partial charge in [0, 0.05) is 48.3 Å². The van der Waals surface area contributed by atoms with Crippen molar-refractivity contribution >= 4 is 35.0 Å². The molecule has 0 spiro atoms. The molecule has 1 saturated heterocycles. The molecule has 0 unspecified atom stereocenters. The molecule has 0 saturated carbocycles. The quantitative estimate of drug-likeness (QED) is 0.802. The van der Waals surface area contributed by atoms with Crippen LogP contribution in [0.3, 0.4) is 0 Å². The normalized spacial score (nSPS) is 14.8. The number of amides is 2. The summed E-state index contributed by atoms with van der Waals surface area (Å²) in [6.07, 6.45) is 0. The molecule has 0 bridgehead atoms. The van der Waals surface area contributed by atoms with Gasteiger partial charge in [-0.25, -0.2) is 4.39 Å². The van der Waals surface area contributed by atoms with Gasteiger partial charge in [0.1, 0.15) is 5.82 Å². The molecule has 5 nitrogen and oxygen atoms in total. The topological polar surface area (TPSA) is 52.7 Å². The van der Waals surface area contributed by atoms with Crippen molar-refractivity contribution in [1.82, 2.24) is 15.1 Å². The van der Waals surface area contributed by atoms with Crippen LogP contribution in [-0.4, -0.2) is 54.3 Å². The molecule has 148 valence electrons. The highest BCUT2D eigenvalue weighted by Gasteiger charge is 2.22. The fraction of sp³-hybridized carbons (Fsp3) is 0.300. The molecule has 0 radical (unpaired) electrons. The lowest BCUT2D eigenvalue weighted by molar-refractivity contribution is -0.131. The van der Waals surface area contributed by atoms with Crippen LogP contribution in [0.4, 0.5) is 4.39 Å². The molecule has 28 heavy (non-hydrogen) atoms. The number of halogens is 3. The lowest BCUT2D eigenvalue weighted by Crippen LogP contribution is -2.50. The first-order chi connectivity index (χ1) is 13.4. The lowest BCUT2D eigenvalue weighted by Gasteiger charge is -2.35. The Morgan fingerprint density at radius 1 is 1.04 bits per heavy atom. The average Bonchev–Trinajstić information content (AvgIpc) is 2.68. The predicted octanol–water partition coefficient (Wildman–Crippen LogP) is 3.21. The highest BCUT2D eigenvalue weighted by Crippen LogP contribution is 2.19. The third-order valence-electron chi connectivity index (χ3n) is 4.62. The summed E-state index contributed by atoms with van der Waals surface area (Å²) in [4.78, 5) is 28.4. The van der Waals surface area contributed by atoms with Gasteiger partial charge in [-0.1, -0.05) is 35.3 Å². The van der Waals surface area contributed by atoms with E-state index >= 15 is 0 Å². The summed E-state index contributed by atoms with van der Waals surface area (Å²) in [6.45, 7) is 3.03. The average molecular weight is 424 g/mol. The third kappa shape index (κ3) is 5.44. The first kappa shape index (κ1) is 20.6. The standard InChI is InChI=1S/C20H20Cl2FN3O2/c21-16-3-1-2-14(10-16)20(28)24-12-19(27)26-8-6-25(7-9-26)13-15-4-5-17(23)11-18(15)22/h1-5,10-11H,6-9,12-13H2,(H,24,28). The molecule has 2 aromatic rings. The predicted molar refractivity (Wildman–Crippen MR) is 107 cm³/mol. The smallest absolute Gasteiger partial charge is 0.251 e. The van der Waals surface area contributed by atoms with Gasteiger partial charge in [0.15, 0.2) is 0 Å². The van der Waals surface area contributed by atoms with E-state index in [1.165, 1.54) is 12.1 Å². The first-order valence-corrected chi connectivity index (χ1v) is 9.66. The van der Waals surface area contributed by atoms with E-state index in [4.69, 9.17) is 23.2 Å². The summed E-state index contributed by atoms with van der Waals surface area (Å²) in [6, 6.07) is 10.9. The molecule has 8 heteroatoms. The highest BCUT2D eigenvalue weighted by molar-refractivity contribution is 6.31. The van der Waals surface area contributed by atoms with E-state index in [-0.39, 0.29) is 24.2 Å². The molecular weight excluding hydrogens is 404 g/mol. The van der Waals surface area contributed by atoms with Gasteiger partial charge in [0.25, 0.3) is 5.91 Å². The van der Waals surface area contributed by atoms with Crippen LogP contribution < -0.4 is 5.32 Å². The van der Waals surface area contributed by atoms with Crippen LogP contribution in [0.25, 0.3) is 0 Å². The maximum absolute atomic E-state index is 13.1. The molecule has 0 aromatic heterocycles. The second-order valence-corrected chi connectivity index (χ2v) is 7.43. The Labute approximate surface area is 173 Å². The monoisotopic (exact) mass is 423 g/mol. The zero-order chi connectivity index (χ0) is 20.1. The summed E-state index contributed by atoms with van der Waals surface area (Å²) in [7, 11) is 0. The number of piperazine rings is 1. The Morgan fingerprint density at radius 2 is 1.79 bits per heavy atom. The maximum Gasteiger partial charge on any atom is 0.251 e. The number of carbonyl (C=O) groups is 2. The maximum atomic E-state index is 13.1. The van der Waals surface area contributed by atoms with Crippen LogP contribution in [0.2, 0.25) is 10.0 Å². The Bertz CT molecular complexity index is 870. The summed E-state index contributed by atoms with van der Waals surface area (Å²) >= 11 is 12.0. The molecule has 2 amide bonds. The van der Waals surface area contributed by atoms with Crippen molar-refractivity contribution in [2.24, 2.45) is 0 Å². The molecule has 1 heterocycles. The highest BCUT2D eigenvalue weighted by atomic mass is 35.5. The van der Waals surface area contributed by atoms with E-state index in [1.807, 2.05) is 0 Å². The third-order valence-corrected chi connectivity index (χ3v) is 5.21. The van der Waals surface area contributed by atoms with Crippen molar-refractivity contribution in [3.63, 3.8) is 0 Å². The lowest BCUT2D eigenvalue weighted by atomic mass is 10.2. The fourth-order valence-corrected chi connectivity index (χ4v) is 3.46. The van der Waals surface area contributed by atoms with Gasteiger partial charge >= 0.3 is 0 Å². The van der Waals surface area contributed by atoms with Gasteiger partial charge in [-0.05, 0) is 35.9 Å². The summed E-state index contributed by atoms with van der Waals surface area (Å²) < 4.78 is 13.1. The second kappa shape index (κ2) is 9.37. The van der Waals surface area contributed by atoms with Gasteiger partial charge in [0.05, 0.1) is 6.54 Å². The van der Waals surface area contributed by atoms with E-state index in [1.54, 1.807) is 35.2 Å². The van der Waals surface area contributed by atoms with Gasteiger partial charge in [-0.15, -0.1) is 0 Å². The summed E-state index contributed by atoms with van der Waals surface area (Å²) in [5.41, 5.74) is 1.28. The zero-order valence-corrected chi connectivity index (χ0v) is 16.6. The van der Waals surface area contributed by atoms with Crippen LogP contribution in [0.1, 0.15) is 15.9 Å². The van der Waals surface area contributed by atoms with Crippen LogP contribution in [0, 0.1) is 5.82 Å². The number of hydrogen-bond donors (Lipinski definition) is 1. The van der Waals surface area contributed by atoms with Crippen LogP contribution >= 0.6 is 23.2 Å². The van der Waals surface area contributed by atoms with Crippen LogP contribution in [0.5, 0.6) is 0 Å². The molecule has 1 aliphatic heterocycles. The Morgan fingerprint density at radius 3 is 2.46 bits per heavy atom. The summed E-state index contributed by atoms with van der Waals surface area (Å²) in [5.74, 6) is -0.820. The minimum atomic E-state index is -0.357. The minimum absolute atomic E-state index is 0.0604. The molecule has 3 rings (SSSR count). The van der Waals surface area contributed by atoms with Gasteiger partial charge < -0.3 is 10.2 Å². The Hall–Kier alpha value is -2.15. The van der Waals surface area contributed by atoms with Crippen molar-refractivity contribution in [3.05, 3.63) is 69.5 Å². The van der Waals surface area contributed by atoms with Gasteiger partial charge in [0.2, 0.25) is 5.91 Å². The largest absolute Gasteiger partial charge is 0.343 e. The van der Waals surface area contributed by atoms with Crippen molar-refractivity contribution in [2.45, 2.75) is 6.54 Å². The summed E-state index contributed by atoms with van der Waals surface area (Å²) in [5, 5.41) is 3.51. The van der Waals surface area contributed by atoms with Crippen molar-refractivity contribution in [1.29, 1.82) is 0 Å². The van der Waals surface area contributed by atoms with E-state index in [2.05, 4.69) is 10.2 Å². The fourth-order valence-electron chi connectivity index (χ4n) is 3.05.